The summed E-state index contributed by atoms with van der Waals surface area (Å²) in [4.78, 5) is 12.3. The SMILES string of the molecule is C[C@H](C(=O)NC[C@@H]1CCCO1)N(c1ccc(F)cc1)S(C)(=O)=O. The van der Waals surface area contributed by atoms with Gasteiger partial charge in [0.1, 0.15) is 11.9 Å². The number of halogens is 1. The summed E-state index contributed by atoms with van der Waals surface area (Å²) in [6, 6.07) is 4.03. The summed E-state index contributed by atoms with van der Waals surface area (Å²) in [5.41, 5.74) is 0.244. The van der Waals surface area contributed by atoms with E-state index in [1.807, 2.05) is 0 Å². The highest BCUT2D eigenvalue weighted by molar-refractivity contribution is 7.92. The zero-order valence-electron chi connectivity index (χ0n) is 13.2. The molecule has 1 fully saturated rings. The van der Waals surface area contributed by atoms with Crippen LogP contribution in [0.15, 0.2) is 24.3 Å². The van der Waals surface area contributed by atoms with Gasteiger partial charge in [-0.3, -0.25) is 9.10 Å². The molecule has 0 unspecified atom stereocenters. The third-order valence-corrected chi connectivity index (χ3v) is 4.94. The quantitative estimate of drug-likeness (QED) is 0.843. The molecule has 0 spiro atoms. The molecule has 1 amide bonds. The number of anilines is 1. The average molecular weight is 344 g/mol. The molecule has 0 saturated carbocycles. The van der Waals surface area contributed by atoms with Gasteiger partial charge in [-0.1, -0.05) is 0 Å². The van der Waals surface area contributed by atoms with Gasteiger partial charge in [-0.2, -0.15) is 0 Å². The van der Waals surface area contributed by atoms with Gasteiger partial charge in [0.2, 0.25) is 15.9 Å². The lowest BCUT2D eigenvalue weighted by Crippen LogP contribution is -2.49. The number of benzene rings is 1. The number of ether oxygens (including phenoxy) is 1. The lowest BCUT2D eigenvalue weighted by molar-refractivity contribution is -0.122. The molecule has 6 nitrogen and oxygen atoms in total. The van der Waals surface area contributed by atoms with Crippen molar-refractivity contribution >= 4 is 21.6 Å². The third-order valence-electron chi connectivity index (χ3n) is 3.70. The van der Waals surface area contributed by atoms with E-state index in [1.165, 1.54) is 19.1 Å². The van der Waals surface area contributed by atoms with Crippen LogP contribution in [0.5, 0.6) is 0 Å². The smallest absolute Gasteiger partial charge is 0.243 e. The fraction of sp³-hybridized carbons (Fsp3) is 0.533. The maximum absolute atomic E-state index is 13.0. The molecule has 0 bridgehead atoms. The third kappa shape index (κ3) is 4.65. The molecule has 1 aliphatic rings. The molecular formula is C15H21FN2O4S. The number of carbonyl (C=O) groups excluding carboxylic acids is 1. The van der Waals surface area contributed by atoms with E-state index < -0.39 is 27.8 Å². The number of carbonyl (C=O) groups is 1. The molecule has 0 aliphatic carbocycles. The monoisotopic (exact) mass is 344 g/mol. The standard InChI is InChI=1S/C15H21FN2O4S/c1-11(15(19)17-10-14-4-3-9-22-14)18(23(2,20)21)13-7-5-12(16)6-8-13/h5-8,11,14H,3-4,9-10H2,1-2H3,(H,17,19)/t11-,14+/m1/s1. The predicted molar refractivity (Wildman–Crippen MR) is 85.2 cm³/mol. The first-order chi connectivity index (χ1) is 10.8. The fourth-order valence-corrected chi connectivity index (χ4v) is 3.74. The van der Waals surface area contributed by atoms with Gasteiger partial charge < -0.3 is 10.1 Å². The molecule has 1 N–H and O–H groups in total. The lowest BCUT2D eigenvalue weighted by atomic mass is 10.2. The van der Waals surface area contributed by atoms with Gasteiger partial charge >= 0.3 is 0 Å². The molecule has 23 heavy (non-hydrogen) atoms. The van der Waals surface area contributed by atoms with Crippen LogP contribution in [0.1, 0.15) is 19.8 Å². The minimum Gasteiger partial charge on any atom is -0.376 e. The highest BCUT2D eigenvalue weighted by atomic mass is 32.2. The van der Waals surface area contributed by atoms with Crippen LogP contribution in [-0.2, 0) is 19.6 Å². The maximum Gasteiger partial charge on any atom is 0.243 e. The van der Waals surface area contributed by atoms with Crippen LogP contribution < -0.4 is 9.62 Å². The molecular weight excluding hydrogens is 323 g/mol. The Balaban J connectivity index is 2.11. The average Bonchev–Trinajstić information content (AvgIpc) is 2.99. The number of sulfonamides is 1. The van der Waals surface area contributed by atoms with Gasteiger partial charge in [0.05, 0.1) is 18.0 Å². The van der Waals surface area contributed by atoms with E-state index in [1.54, 1.807) is 0 Å². The van der Waals surface area contributed by atoms with Gasteiger partial charge in [0.15, 0.2) is 0 Å². The van der Waals surface area contributed by atoms with Crippen molar-refractivity contribution in [2.45, 2.75) is 31.9 Å². The normalized spacial score (nSPS) is 19.3. The Morgan fingerprint density at radius 2 is 2.09 bits per heavy atom. The Labute approximate surface area is 135 Å². The second kappa shape index (κ2) is 7.27. The summed E-state index contributed by atoms with van der Waals surface area (Å²) in [6.45, 7) is 2.53. The molecule has 0 radical (unpaired) electrons. The summed E-state index contributed by atoms with van der Waals surface area (Å²) < 4.78 is 43.5. The van der Waals surface area contributed by atoms with E-state index >= 15 is 0 Å². The summed E-state index contributed by atoms with van der Waals surface area (Å²) in [7, 11) is -3.69. The van der Waals surface area contributed by atoms with E-state index in [0.717, 1.165) is 35.5 Å². The van der Waals surface area contributed by atoms with Gasteiger partial charge in [-0.05, 0) is 44.0 Å². The zero-order chi connectivity index (χ0) is 17.0. The maximum atomic E-state index is 13.0. The van der Waals surface area contributed by atoms with Crippen LogP contribution in [0, 0.1) is 5.82 Å². The molecule has 1 aromatic carbocycles. The summed E-state index contributed by atoms with van der Waals surface area (Å²) in [5, 5.41) is 2.71. The summed E-state index contributed by atoms with van der Waals surface area (Å²) in [5.74, 6) is -0.895. The molecule has 1 heterocycles. The minimum absolute atomic E-state index is 0.0244. The van der Waals surface area contributed by atoms with Crippen LogP contribution in [-0.4, -0.2) is 45.9 Å². The molecule has 2 atom stereocenters. The number of nitrogens with one attached hydrogen (secondary N) is 1. The van der Waals surface area contributed by atoms with Crippen molar-refractivity contribution in [3.05, 3.63) is 30.1 Å². The molecule has 0 aromatic heterocycles. The largest absolute Gasteiger partial charge is 0.376 e. The topological polar surface area (TPSA) is 75.7 Å². The Morgan fingerprint density at radius 3 is 2.61 bits per heavy atom. The molecule has 128 valence electrons. The Bertz CT molecular complexity index is 642. The number of nitrogens with zero attached hydrogens (tertiary/aromatic N) is 1. The van der Waals surface area contributed by atoms with Crippen molar-refractivity contribution in [2.75, 3.05) is 23.7 Å². The molecule has 8 heteroatoms. The van der Waals surface area contributed by atoms with Crippen molar-refractivity contribution in [2.24, 2.45) is 0 Å². The first-order valence-corrected chi connectivity index (χ1v) is 9.28. The van der Waals surface area contributed by atoms with Gasteiger partial charge in [0, 0.05) is 13.2 Å². The van der Waals surface area contributed by atoms with E-state index in [2.05, 4.69) is 5.32 Å². The summed E-state index contributed by atoms with van der Waals surface area (Å²) in [6.07, 6.45) is 2.83. The second-order valence-electron chi connectivity index (χ2n) is 5.59. The van der Waals surface area contributed by atoms with E-state index in [-0.39, 0.29) is 11.8 Å². The zero-order valence-corrected chi connectivity index (χ0v) is 14.0. The molecule has 1 saturated heterocycles. The highest BCUT2D eigenvalue weighted by Gasteiger charge is 2.29. The molecule has 1 aliphatic heterocycles. The number of hydrogen-bond donors (Lipinski definition) is 1. The van der Waals surface area contributed by atoms with Crippen LogP contribution in [0.2, 0.25) is 0 Å². The summed E-state index contributed by atoms with van der Waals surface area (Å²) >= 11 is 0. The predicted octanol–water partition coefficient (Wildman–Crippen LogP) is 1.28. The van der Waals surface area contributed by atoms with Crippen molar-refractivity contribution < 1.29 is 22.3 Å². The van der Waals surface area contributed by atoms with Gasteiger partial charge in [-0.15, -0.1) is 0 Å². The first-order valence-electron chi connectivity index (χ1n) is 7.43. The van der Waals surface area contributed by atoms with Crippen molar-refractivity contribution in [1.29, 1.82) is 0 Å². The number of rotatable bonds is 6. The van der Waals surface area contributed by atoms with E-state index in [0.29, 0.717) is 13.2 Å². The second-order valence-corrected chi connectivity index (χ2v) is 7.45. The Morgan fingerprint density at radius 1 is 1.43 bits per heavy atom. The lowest BCUT2D eigenvalue weighted by Gasteiger charge is -2.28. The highest BCUT2D eigenvalue weighted by Crippen LogP contribution is 2.21. The van der Waals surface area contributed by atoms with E-state index in [4.69, 9.17) is 4.74 Å². The fourth-order valence-electron chi connectivity index (χ4n) is 2.56. The van der Waals surface area contributed by atoms with Crippen molar-refractivity contribution in [1.82, 2.24) is 5.32 Å². The minimum atomic E-state index is -3.69. The van der Waals surface area contributed by atoms with Crippen LogP contribution in [0.4, 0.5) is 10.1 Å². The first kappa shape index (κ1) is 17.7. The van der Waals surface area contributed by atoms with Crippen LogP contribution in [0.25, 0.3) is 0 Å². The Hall–Kier alpha value is -1.67. The van der Waals surface area contributed by atoms with Gasteiger partial charge in [-0.25, -0.2) is 12.8 Å². The Kier molecular flexibility index (Phi) is 5.59. The number of amides is 1. The number of hydrogen-bond acceptors (Lipinski definition) is 4. The molecule has 1 aromatic rings. The van der Waals surface area contributed by atoms with Crippen LogP contribution in [0.3, 0.4) is 0 Å². The van der Waals surface area contributed by atoms with Crippen LogP contribution >= 0.6 is 0 Å². The van der Waals surface area contributed by atoms with Crippen molar-refractivity contribution in [3.8, 4) is 0 Å². The molecule has 2 rings (SSSR count). The van der Waals surface area contributed by atoms with Crippen molar-refractivity contribution in [3.63, 3.8) is 0 Å². The van der Waals surface area contributed by atoms with E-state index in [9.17, 15) is 17.6 Å². The van der Waals surface area contributed by atoms with Gasteiger partial charge in [0.25, 0.3) is 0 Å².